The molecular formula is C22H20N4O3S. The molecule has 0 bridgehead atoms. The summed E-state index contributed by atoms with van der Waals surface area (Å²) in [6, 6.07) is 14.9. The Morgan fingerprint density at radius 3 is 2.80 bits per heavy atom. The summed E-state index contributed by atoms with van der Waals surface area (Å²) < 4.78 is 5.28. The van der Waals surface area contributed by atoms with Gasteiger partial charge in [0.15, 0.2) is 5.82 Å². The normalized spacial score (nSPS) is 14.9. The fourth-order valence-corrected chi connectivity index (χ4v) is 4.46. The molecule has 1 fully saturated rings. The van der Waals surface area contributed by atoms with Crippen LogP contribution in [0.1, 0.15) is 23.2 Å². The molecule has 0 atom stereocenters. The van der Waals surface area contributed by atoms with Crippen molar-refractivity contribution in [2.24, 2.45) is 0 Å². The van der Waals surface area contributed by atoms with Gasteiger partial charge in [-0.15, -0.1) is 11.3 Å². The Hall–Kier alpha value is -3.39. The van der Waals surface area contributed by atoms with E-state index in [1.807, 2.05) is 23.6 Å². The van der Waals surface area contributed by atoms with Gasteiger partial charge in [-0.2, -0.15) is 5.10 Å². The summed E-state index contributed by atoms with van der Waals surface area (Å²) in [4.78, 5) is 28.2. The van der Waals surface area contributed by atoms with Gasteiger partial charge in [-0.05, 0) is 36.4 Å². The predicted octanol–water partition coefficient (Wildman–Crippen LogP) is 3.64. The summed E-state index contributed by atoms with van der Waals surface area (Å²) >= 11 is 1.67. The number of benzene rings is 1. The second kappa shape index (κ2) is 7.79. The van der Waals surface area contributed by atoms with Crippen molar-refractivity contribution in [3.05, 3.63) is 69.9 Å². The second-order valence-corrected chi connectivity index (χ2v) is 8.28. The molecule has 8 heteroatoms. The van der Waals surface area contributed by atoms with Gasteiger partial charge in [-0.1, -0.05) is 24.3 Å². The van der Waals surface area contributed by atoms with Gasteiger partial charge in [-0.3, -0.25) is 9.89 Å². The van der Waals surface area contributed by atoms with E-state index in [0.29, 0.717) is 5.58 Å². The maximum Gasteiger partial charge on any atom is 0.349 e. The van der Waals surface area contributed by atoms with Crippen LogP contribution < -0.4 is 15.8 Å². The molecule has 0 aliphatic carbocycles. The third-order valence-electron chi connectivity index (χ3n) is 5.39. The highest BCUT2D eigenvalue weighted by Gasteiger charge is 2.24. The number of thiophene rings is 1. The molecule has 30 heavy (non-hydrogen) atoms. The zero-order valence-corrected chi connectivity index (χ0v) is 16.9. The SMILES string of the molecule is O=C(NC1CCN(c2cc(-c3cccs3)[nH]n2)CC1)c1cc2ccccc2oc1=O. The van der Waals surface area contributed by atoms with Crippen LogP contribution in [0.2, 0.25) is 0 Å². The third kappa shape index (κ3) is 3.61. The smallest absolute Gasteiger partial charge is 0.349 e. The zero-order chi connectivity index (χ0) is 20.5. The Labute approximate surface area is 176 Å². The van der Waals surface area contributed by atoms with Crippen LogP contribution in [0.5, 0.6) is 0 Å². The van der Waals surface area contributed by atoms with E-state index >= 15 is 0 Å². The van der Waals surface area contributed by atoms with E-state index < -0.39 is 5.63 Å². The van der Waals surface area contributed by atoms with Gasteiger partial charge in [0.1, 0.15) is 11.1 Å². The molecule has 1 aliphatic rings. The minimum Gasteiger partial charge on any atom is -0.422 e. The maximum absolute atomic E-state index is 12.7. The number of piperidine rings is 1. The van der Waals surface area contributed by atoms with Crippen LogP contribution in [0.25, 0.3) is 21.5 Å². The zero-order valence-electron chi connectivity index (χ0n) is 16.1. The molecule has 3 aromatic heterocycles. The number of carbonyl (C=O) groups excluding carboxylic acids is 1. The first kappa shape index (κ1) is 18.6. The van der Waals surface area contributed by atoms with E-state index in [-0.39, 0.29) is 17.5 Å². The molecule has 1 amide bonds. The fourth-order valence-electron chi connectivity index (χ4n) is 3.77. The van der Waals surface area contributed by atoms with Gasteiger partial charge in [-0.25, -0.2) is 4.79 Å². The first-order valence-electron chi connectivity index (χ1n) is 9.85. The molecule has 1 aliphatic heterocycles. The lowest BCUT2D eigenvalue weighted by molar-refractivity contribution is 0.0927. The lowest BCUT2D eigenvalue weighted by Gasteiger charge is -2.32. The van der Waals surface area contributed by atoms with E-state index in [1.165, 1.54) is 0 Å². The number of hydrogen-bond donors (Lipinski definition) is 2. The average Bonchev–Trinajstić information content (AvgIpc) is 3.46. The van der Waals surface area contributed by atoms with Crippen LogP contribution >= 0.6 is 11.3 Å². The summed E-state index contributed by atoms with van der Waals surface area (Å²) in [7, 11) is 0. The van der Waals surface area contributed by atoms with Gasteiger partial charge in [0.2, 0.25) is 0 Å². The maximum atomic E-state index is 12.7. The molecule has 0 unspecified atom stereocenters. The molecule has 0 saturated carbocycles. The van der Waals surface area contributed by atoms with Crippen molar-refractivity contribution in [1.29, 1.82) is 0 Å². The van der Waals surface area contributed by atoms with Crippen molar-refractivity contribution >= 4 is 34.0 Å². The number of aromatic nitrogens is 2. The molecule has 7 nitrogen and oxygen atoms in total. The number of hydrogen-bond acceptors (Lipinski definition) is 6. The summed E-state index contributed by atoms with van der Waals surface area (Å²) in [6.07, 6.45) is 1.57. The number of carbonyl (C=O) groups is 1. The van der Waals surface area contributed by atoms with E-state index in [9.17, 15) is 9.59 Å². The Bertz CT molecular complexity index is 1240. The minimum absolute atomic E-state index is 0.00956. The Morgan fingerprint density at radius 1 is 1.17 bits per heavy atom. The number of H-pyrrole nitrogens is 1. The van der Waals surface area contributed by atoms with E-state index in [2.05, 4.69) is 32.5 Å². The molecule has 0 radical (unpaired) electrons. The van der Waals surface area contributed by atoms with Gasteiger partial charge < -0.3 is 14.6 Å². The topological polar surface area (TPSA) is 91.2 Å². The largest absolute Gasteiger partial charge is 0.422 e. The molecule has 0 spiro atoms. The summed E-state index contributed by atoms with van der Waals surface area (Å²) in [5.41, 5.74) is 0.928. The standard InChI is InChI=1S/C22H20N4O3S/c27-21(16-12-14-4-1-2-5-18(14)29-22(16)28)23-15-7-9-26(10-8-15)20-13-17(24-25-20)19-6-3-11-30-19/h1-6,11-13,15H,7-10H2,(H,23,27)(H,24,25). The van der Waals surface area contributed by atoms with E-state index in [1.54, 1.807) is 29.5 Å². The predicted molar refractivity (Wildman–Crippen MR) is 117 cm³/mol. The number of aromatic amines is 1. The number of para-hydroxylation sites is 1. The molecule has 152 valence electrons. The third-order valence-corrected chi connectivity index (χ3v) is 6.29. The molecule has 5 rings (SSSR count). The number of rotatable bonds is 4. The molecule has 4 aromatic rings. The highest BCUT2D eigenvalue weighted by Crippen LogP contribution is 2.27. The number of nitrogens with zero attached hydrogens (tertiary/aromatic N) is 2. The van der Waals surface area contributed by atoms with E-state index in [0.717, 1.165) is 47.7 Å². The van der Waals surface area contributed by atoms with Crippen LogP contribution in [-0.4, -0.2) is 35.2 Å². The molecule has 2 N–H and O–H groups in total. The van der Waals surface area contributed by atoms with Crippen molar-refractivity contribution in [2.45, 2.75) is 18.9 Å². The first-order chi connectivity index (χ1) is 14.7. The van der Waals surface area contributed by atoms with E-state index in [4.69, 9.17) is 4.42 Å². The molecular weight excluding hydrogens is 400 g/mol. The quantitative estimate of drug-likeness (QED) is 0.492. The highest BCUT2D eigenvalue weighted by atomic mass is 32.1. The lowest BCUT2D eigenvalue weighted by Crippen LogP contribution is -2.45. The van der Waals surface area contributed by atoms with Crippen LogP contribution in [0.15, 0.2) is 63.1 Å². The van der Waals surface area contributed by atoms with Crippen molar-refractivity contribution in [1.82, 2.24) is 15.5 Å². The fraction of sp³-hybridized carbons (Fsp3) is 0.227. The lowest BCUT2D eigenvalue weighted by atomic mass is 10.0. The summed E-state index contributed by atoms with van der Waals surface area (Å²) in [5.74, 6) is 0.533. The average molecular weight is 420 g/mol. The van der Waals surface area contributed by atoms with Crippen molar-refractivity contribution in [2.75, 3.05) is 18.0 Å². The van der Waals surface area contributed by atoms with Crippen LogP contribution in [0, 0.1) is 0 Å². The molecule has 1 saturated heterocycles. The number of nitrogens with one attached hydrogen (secondary N) is 2. The van der Waals surface area contributed by atoms with Crippen LogP contribution in [-0.2, 0) is 0 Å². The van der Waals surface area contributed by atoms with Crippen LogP contribution in [0.4, 0.5) is 5.82 Å². The Balaban J connectivity index is 1.23. The van der Waals surface area contributed by atoms with Gasteiger partial charge >= 0.3 is 5.63 Å². The first-order valence-corrected chi connectivity index (χ1v) is 10.7. The number of anilines is 1. The summed E-state index contributed by atoms with van der Waals surface area (Å²) in [5, 5.41) is 13.3. The van der Waals surface area contributed by atoms with Gasteiger partial charge in [0, 0.05) is 30.6 Å². The molecule has 1 aromatic carbocycles. The molecule has 4 heterocycles. The number of fused-ring (bicyclic) bond motifs is 1. The monoisotopic (exact) mass is 420 g/mol. The van der Waals surface area contributed by atoms with Crippen molar-refractivity contribution < 1.29 is 9.21 Å². The van der Waals surface area contributed by atoms with Crippen LogP contribution in [0.3, 0.4) is 0 Å². The van der Waals surface area contributed by atoms with Gasteiger partial charge in [0.05, 0.1) is 10.6 Å². The summed E-state index contributed by atoms with van der Waals surface area (Å²) in [6.45, 7) is 1.57. The van der Waals surface area contributed by atoms with Crippen molar-refractivity contribution in [3.8, 4) is 10.6 Å². The number of amides is 1. The highest BCUT2D eigenvalue weighted by molar-refractivity contribution is 7.13. The van der Waals surface area contributed by atoms with Gasteiger partial charge in [0.25, 0.3) is 5.91 Å². The Morgan fingerprint density at radius 2 is 2.00 bits per heavy atom. The minimum atomic E-state index is -0.610. The Kier molecular flexibility index (Phi) is 4.84. The second-order valence-electron chi connectivity index (χ2n) is 7.34. The van der Waals surface area contributed by atoms with Crippen molar-refractivity contribution in [3.63, 3.8) is 0 Å².